The van der Waals surface area contributed by atoms with Crippen LogP contribution in [0.15, 0.2) is 46.9 Å². The average Bonchev–Trinajstić information content (AvgIpc) is 2.79. The Kier molecular flexibility index (Phi) is 4.22. The normalized spacial score (nSPS) is 17.7. The van der Waals surface area contributed by atoms with Gasteiger partial charge in [0.25, 0.3) is 5.91 Å². The standard InChI is InChI=1S/C18H17BrN2O2/c1-11-3-8-15(9-12(11)2)21-17(22)10-16(18(21)23)20-14-6-4-13(19)5-7-14/h3-9,16,20H,10H2,1-2H3/t16-/m0/s1. The number of nitrogens with zero attached hydrogens (tertiary/aromatic N) is 1. The molecule has 1 saturated heterocycles. The van der Waals surface area contributed by atoms with Crippen molar-refractivity contribution in [2.24, 2.45) is 0 Å². The molecule has 118 valence electrons. The van der Waals surface area contributed by atoms with Crippen LogP contribution in [0.25, 0.3) is 0 Å². The number of aryl methyl sites for hydroxylation is 2. The van der Waals surface area contributed by atoms with E-state index in [9.17, 15) is 9.59 Å². The number of benzene rings is 2. The lowest BCUT2D eigenvalue weighted by molar-refractivity contribution is -0.121. The summed E-state index contributed by atoms with van der Waals surface area (Å²) in [6, 6.07) is 12.6. The summed E-state index contributed by atoms with van der Waals surface area (Å²) < 4.78 is 0.966. The van der Waals surface area contributed by atoms with E-state index in [0.717, 1.165) is 21.3 Å². The van der Waals surface area contributed by atoms with Crippen LogP contribution < -0.4 is 10.2 Å². The van der Waals surface area contributed by atoms with Crippen LogP contribution in [0, 0.1) is 13.8 Å². The van der Waals surface area contributed by atoms with Crippen molar-refractivity contribution in [2.45, 2.75) is 26.3 Å². The van der Waals surface area contributed by atoms with Crippen molar-refractivity contribution in [3.63, 3.8) is 0 Å². The number of nitrogens with one attached hydrogen (secondary N) is 1. The van der Waals surface area contributed by atoms with Gasteiger partial charge in [0.15, 0.2) is 0 Å². The molecule has 0 spiro atoms. The third kappa shape index (κ3) is 3.15. The summed E-state index contributed by atoms with van der Waals surface area (Å²) in [6.45, 7) is 3.98. The van der Waals surface area contributed by atoms with Gasteiger partial charge in [-0.3, -0.25) is 9.59 Å². The number of amides is 2. The number of carbonyl (C=O) groups is 2. The fourth-order valence-electron chi connectivity index (χ4n) is 2.63. The summed E-state index contributed by atoms with van der Waals surface area (Å²) in [6.07, 6.45) is 0.168. The van der Waals surface area contributed by atoms with Crippen molar-refractivity contribution in [1.29, 1.82) is 0 Å². The van der Waals surface area contributed by atoms with E-state index in [1.165, 1.54) is 4.90 Å². The van der Waals surface area contributed by atoms with Gasteiger partial charge < -0.3 is 5.32 Å². The highest BCUT2D eigenvalue weighted by Gasteiger charge is 2.39. The monoisotopic (exact) mass is 372 g/mol. The summed E-state index contributed by atoms with van der Waals surface area (Å²) in [4.78, 5) is 26.2. The molecule has 1 aliphatic heterocycles. The van der Waals surface area contributed by atoms with Gasteiger partial charge in [-0.15, -0.1) is 0 Å². The van der Waals surface area contributed by atoms with Crippen molar-refractivity contribution in [3.8, 4) is 0 Å². The Bertz CT molecular complexity index is 771. The minimum absolute atomic E-state index is 0.168. The van der Waals surface area contributed by atoms with E-state index in [2.05, 4.69) is 21.2 Å². The first-order valence-electron chi connectivity index (χ1n) is 7.42. The lowest BCUT2D eigenvalue weighted by atomic mass is 10.1. The fraction of sp³-hybridized carbons (Fsp3) is 0.222. The van der Waals surface area contributed by atoms with E-state index in [0.29, 0.717) is 5.69 Å². The van der Waals surface area contributed by atoms with Crippen LogP contribution >= 0.6 is 15.9 Å². The summed E-state index contributed by atoms with van der Waals surface area (Å²) in [5.74, 6) is -0.381. The second-order valence-electron chi connectivity index (χ2n) is 5.74. The molecule has 0 radical (unpaired) electrons. The highest BCUT2D eigenvalue weighted by molar-refractivity contribution is 9.10. The molecule has 1 atom stereocenters. The lowest BCUT2D eigenvalue weighted by Crippen LogP contribution is -2.34. The number of rotatable bonds is 3. The van der Waals surface area contributed by atoms with Crippen molar-refractivity contribution >= 4 is 39.1 Å². The second kappa shape index (κ2) is 6.16. The zero-order valence-electron chi connectivity index (χ0n) is 13.0. The molecule has 2 aromatic carbocycles. The summed E-state index contributed by atoms with van der Waals surface area (Å²) in [5.41, 5.74) is 3.66. The molecule has 3 rings (SSSR count). The molecule has 5 heteroatoms. The van der Waals surface area contributed by atoms with Crippen LogP contribution in [0.4, 0.5) is 11.4 Å². The van der Waals surface area contributed by atoms with Gasteiger partial charge >= 0.3 is 0 Å². The van der Waals surface area contributed by atoms with E-state index in [1.807, 2.05) is 56.3 Å². The predicted molar refractivity (Wildman–Crippen MR) is 94.6 cm³/mol. The van der Waals surface area contributed by atoms with Gasteiger partial charge in [0.2, 0.25) is 5.91 Å². The Morgan fingerprint density at radius 2 is 1.74 bits per heavy atom. The van der Waals surface area contributed by atoms with E-state index < -0.39 is 6.04 Å². The molecule has 2 aromatic rings. The number of carbonyl (C=O) groups excluding carboxylic acids is 2. The lowest BCUT2D eigenvalue weighted by Gasteiger charge is -2.17. The van der Waals surface area contributed by atoms with Crippen molar-refractivity contribution < 1.29 is 9.59 Å². The van der Waals surface area contributed by atoms with Gasteiger partial charge in [-0.05, 0) is 61.4 Å². The molecule has 23 heavy (non-hydrogen) atoms. The molecular weight excluding hydrogens is 356 g/mol. The van der Waals surface area contributed by atoms with E-state index in [-0.39, 0.29) is 18.2 Å². The third-order valence-corrected chi connectivity index (χ3v) is 4.61. The molecule has 0 saturated carbocycles. The molecule has 1 heterocycles. The predicted octanol–water partition coefficient (Wildman–Crippen LogP) is 3.81. The van der Waals surface area contributed by atoms with Crippen LogP contribution in [-0.4, -0.2) is 17.9 Å². The maximum Gasteiger partial charge on any atom is 0.256 e. The maximum absolute atomic E-state index is 12.6. The smallest absolute Gasteiger partial charge is 0.256 e. The van der Waals surface area contributed by atoms with Crippen LogP contribution in [0.5, 0.6) is 0 Å². The molecule has 1 fully saturated rings. The fourth-order valence-corrected chi connectivity index (χ4v) is 2.89. The minimum Gasteiger partial charge on any atom is -0.373 e. The summed E-state index contributed by atoms with van der Waals surface area (Å²) in [7, 11) is 0. The Morgan fingerprint density at radius 3 is 2.39 bits per heavy atom. The third-order valence-electron chi connectivity index (χ3n) is 4.08. The first kappa shape index (κ1) is 15.7. The van der Waals surface area contributed by atoms with Crippen LogP contribution in [-0.2, 0) is 9.59 Å². The van der Waals surface area contributed by atoms with Gasteiger partial charge in [-0.2, -0.15) is 0 Å². The van der Waals surface area contributed by atoms with Crippen LogP contribution in [0.2, 0.25) is 0 Å². The Balaban J connectivity index is 1.82. The molecule has 2 amide bonds. The Morgan fingerprint density at radius 1 is 1.04 bits per heavy atom. The summed E-state index contributed by atoms with van der Waals surface area (Å²) >= 11 is 3.38. The molecule has 1 aliphatic rings. The SMILES string of the molecule is Cc1ccc(N2C(=O)C[C@H](Nc3ccc(Br)cc3)C2=O)cc1C. The number of hydrogen-bond donors (Lipinski definition) is 1. The van der Waals surface area contributed by atoms with Crippen molar-refractivity contribution in [2.75, 3.05) is 10.2 Å². The average molecular weight is 373 g/mol. The quantitative estimate of drug-likeness (QED) is 0.833. The van der Waals surface area contributed by atoms with Gasteiger partial charge in [-0.25, -0.2) is 4.90 Å². The molecule has 0 bridgehead atoms. The van der Waals surface area contributed by atoms with Gasteiger partial charge in [0.05, 0.1) is 12.1 Å². The van der Waals surface area contributed by atoms with Crippen LogP contribution in [0.1, 0.15) is 17.5 Å². The molecular formula is C18H17BrN2O2. The number of hydrogen-bond acceptors (Lipinski definition) is 3. The van der Waals surface area contributed by atoms with Gasteiger partial charge in [0.1, 0.15) is 6.04 Å². The number of halogens is 1. The molecule has 4 nitrogen and oxygen atoms in total. The Labute approximate surface area is 143 Å². The Hall–Kier alpha value is -2.14. The van der Waals surface area contributed by atoms with E-state index in [1.54, 1.807) is 0 Å². The zero-order chi connectivity index (χ0) is 16.6. The van der Waals surface area contributed by atoms with Crippen LogP contribution in [0.3, 0.4) is 0 Å². The molecule has 0 aliphatic carbocycles. The summed E-state index contributed by atoms with van der Waals surface area (Å²) in [5, 5.41) is 3.14. The highest BCUT2D eigenvalue weighted by Crippen LogP contribution is 2.27. The largest absolute Gasteiger partial charge is 0.373 e. The van der Waals surface area contributed by atoms with E-state index >= 15 is 0 Å². The van der Waals surface area contributed by atoms with E-state index in [4.69, 9.17) is 0 Å². The second-order valence-corrected chi connectivity index (χ2v) is 6.66. The number of imide groups is 1. The minimum atomic E-state index is -0.523. The molecule has 0 aromatic heterocycles. The topological polar surface area (TPSA) is 49.4 Å². The van der Waals surface area contributed by atoms with Crippen molar-refractivity contribution in [1.82, 2.24) is 0 Å². The number of anilines is 2. The first-order chi connectivity index (χ1) is 11.0. The highest BCUT2D eigenvalue weighted by atomic mass is 79.9. The first-order valence-corrected chi connectivity index (χ1v) is 8.21. The zero-order valence-corrected chi connectivity index (χ0v) is 14.6. The maximum atomic E-state index is 12.6. The molecule has 1 N–H and O–H groups in total. The van der Waals surface area contributed by atoms with Gasteiger partial charge in [-0.1, -0.05) is 22.0 Å². The van der Waals surface area contributed by atoms with Crippen molar-refractivity contribution in [3.05, 3.63) is 58.1 Å². The van der Waals surface area contributed by atoms with Gasteiger partial charge in [0, 0.05) is 10.2 Å². The molecule has 0 unspecified atom stereocenters.